The van der Waals surface area contributed by atoms with Crippen molar-refractivity contribution in [3.8, 4) is 16.9 Å². The molecule has 4 aromatic rings. The molecular weight excluding hydrogens is 470 g/mol. The van der Waals surface area contributed by atoms with E-state index < -0.39 is 0 Å². The zero-order valence-corrected chi connectivity index (χ0v) is 22.4. The third kappa shape index (κ3) is 4.85. The molecule has 1 aromatic carbocycles. The van der Waals surface area contributed by atoms with Crippen molar-refractivity contribution in [1.82, 2.24) is 24.8 Å². The maximum Gasteiger partial charge on any atom is 0.182 e. The second-order valence-corrected chi connectivity index (χ2v) is 10.7. The Hall–Kier alpha value is -3.30. The fourth-order valence-electron chi connectivity index (χ4n) is 4.85. The van der Waals surface area contributed by atoms with Crippen LogP contribution in [0.3, 0.4) is 0 Å². The smallest absolute Gasteiger partial charge is 0.182 e. The maximum absolute atomic E-state index is 6.28. The summed E-state index contributed by atoms with van der Waals surface area (Å²) in [5, 5.41) is 0.536. The zero-order chi connectivity index (χ0) is 25.4. The number of aromatic nitrogens is 4. The van der Waals surface area contributed by atoms with Crippen LogP contribution in [-0.2, 0) is 19.5 Å². The van der Waals surface area contributed by atoms with Crippen molar-refractivity contribution < 1.29 is 4.74 Å². The van der Waals surface area contributed by atoms with Crippen LogP contribution in [0.25, 0.3) is 21.5 Å². The molecule has 1 aliphatic rings. The van der Waals surface area contributed by atoms with Crippen LogP contribution < -0.4 is 15.4 Å². The molecule has 4 heterocycles. The van der Waals surface area contributed by atoms with Crippen molar-refractivity contribution in [2.75, 3.05) is 37.9 Å². The number of ether oxygens (including phenoxy) is 1. The molecule has 3 aromatic heterocycles. The zero-order valence-electron chi connectivity index (χ0n) is 21.6. The number of hydrogen-bond donors (Lipinski definition) is 1. The summed E-state index contributed by atoms with van der Waals surface area (Å²) in [6.07, 6.45) is 3.90. The SMILES string of the molecule is CCCc1c(C)nc(CN(C)C)nc1N1CCOc2c(C)cc(-c3cnc4sc(N)nc4c3)cc2C1. The first-order chi connectivity index (χ1) is 17.3. The van der Waals surface area contributed by atoms with E-state index in [9.17, 15) is 0 Å². The number of nitrogens with two attached hydrogens (primary N) is 1. The lowest BCUT2D eigenvalue weighted by atomic mass is 9.99. The normalized spacial score (nSPS) is 13.7. The third-order valence-electron chi connectivity index (χ3n) is 6.41. The highest BCUT2D eigenvalue weighted by Crippen LogP contribution is 2.36. The Balaban J connectivity index is 1.55. The average molecular weight is 504 g/mol. The summed E-state index contributed by atoms with van der Waals surface area (Å²) in [6, 6.07) is 6.44. The van der Waals surface area contributed by atoms with Crippen molar-refractivity contribution in [3.63, 3.8) is 0 Å². The number of anilines is 2. The molecule has 0 saturated carbocycles. The van der Waals surface area contributed by atoms with Gasteiger partial charge in [0.2, 0.25) is 0 Å². The highest BCUT2D eigenvalue weighted by atomic mass is 32.1. The number of rotatable bonds is 6. The summed E-state index contributed by atoms with van der Waals surface area (Å²) in [4.78, 5) is 24.2. The summed E-state index contributed by atoms with van der Waals surface area (Å²) in [6.45, 7) is 9.22. The van der Waals surface area contributed by atoms with E-state index in [0.29, 0.717) is 18.3 Å². The molecule has 0 fully saturated rings. The van der Waals surface area contributed by atoms with Crippen LogP contribution in [0.1, 0.15) is 41.6 Å². The molecule has 9 heteroatoms. The van der Waals surface area contributed by atoms with Gasteiger partial charge in [-0.15, -0.1) is 0 Å². The van der Waals surface area contributed by atoms with Crippen molar-refractivity contribution in [2.24, 2.45) is 0 Å². The first-order valence-electron chi connectivity index (χ1n) is 12.4. The minimum atomic E-state index is 0.536. The van der Waals surface area contributed by atoms with Gasteiger partial charge in [0.15, 0.2) is 5.13 Å². The number of nitrogen functional groups attached to an aromatic ring is 1. The number of hydrogen-bond acceptors (Lipinski definition) is 9. The highest BCUT2D eigenvalue weighted by molar-refractivity contribution is 7.21. The van der Waals surface area contributed by atoms with Gasteiger partial charge in [0.25, 0.3) is 0 Å². The minimum Gasteiger partial charge on any atom is -0.491 e. The predicted molar refractivity (Wildman–Crippen MR) is 147 cm³/mol. The van der Waals surface area contributed by atoms with Crippen LogP contribution in [0.2, 0.25) is 0 Å². The number of pyridine rings is 1. The second kappa shape index (κ2) is 9.99. The van der Waals surface area contributed by atoms with Gasteiger partial charge in [-0.2, -0.15) is 0 Å². The van der Waals surface area contributed by atoms with Gasteiger partial charge in [-0.3, -0.25) is 0 Å². The van der Waals surface area contributed by atoms with Gasteiger partial charge in [0, 0.05) is 35.1 Å². The Morgan fingerprint density at radius 3 is 2.72 bits per heavy atom. The van der Waals surface area contributed by atoms with Crippen molar-refractivity contribution in [3.05, 3.63) is 52.6 Å². The van der Waals surface area contributed by atoms with Crippen LogP contribution >= 0.6 is 11.3 Å². The first-order valence-corrected chi connectivity index (χ1v) is 13.2. The van der Waals surface area contributed by atoms with E-state index >= 15 is 0 Å². The molecule has 0 saturated heterocycles. The van der Waals surface area contributed by atoms with Gasteiger partial charge >= 0.3 is 0 Å². The Bertz CT molecular complexity index is 1420. The van der Waals surface area contributed by atoms with Gasteiger partial charge in [0.05, 0.1) is 13.1 Å². The summed E-state index contributed by atoms with van der Waals surface area (Å²) in [5.74, 6) is 2.84. The fourth-order valence-corrected chi connectivity index (χ4v) is 5.51. The van der Waals surface area contributed by atoms with E-state index in [1.54, 1.807) is 0 Å². The topological polar surface area (TPSA) is 93.3 Å². The predicted octanol–water partition coefficient (Wildman–Crippen LogP) is 4.76. The van der Waals surface area contributed by atoms with E-state index in [4.69, 9.17) is 20.4 Å². The van der Waals surface area contributed by atoms with Gasteiger partial charge in [-0.25, -0.2) is 19.9 Å². The van der Waals surface area contributed by atoms with Crippen molar-refractivity contribution in [1.29, 1.82) is 0 Å². The largest absolute Gasteiger partial charge is 0.491 e. The van der Waals surface area contributed by atoms with Crippen LogP contribution in [-0.4, -0.2) is 52.1 Å². The third-order valence-corrected chi connectivity index (χ3v) is 7.22. The monoisotopic (exact) mass is 503 g/mol. The first kappa shape index (κ1) is 24.4. The summed E-state index contributed by atoms with van der Waals surface area (Å²) in [5.41, 5.74) is 13.4. The van der Waals surface area contributed by atoms with Gasteiger partial charge in [-0.1, -0.05) is 24.7 Å². The number of fused-ring (bicyclic) bond motifs is 2. The quantitative estimate of drug-likeness (QED) is 0.403. The van der Waals surface area contributed by atoms with E-state index in [2.05, 4.69) is 58.7 Å². The lowest BCUT2D eigenvalue weighted by molar-refractivity contribution is 0.329. The van der Waals surface area contributed by atoms with Crippen LogP contribution in [0, 0.1) is 13.8 Å². The highest BCUT2D eigenvalue weighted by Gasteiger charge is 2.23. The molecule has 2 N–H and O–H groups in total. The molecule has 0 atom stereocenters. The van der Waals surface area contributed by atoms with Crippen molar-refractivity contribution >= 4 is 32.6 Å². The van der Waals surface area contributed by atoms with Gasteiger partial charge in [-0.05, 0) is 63.7 Å². The Morgan fingerprint density at radius 2 is 1.94 bits per heavy atom. The molecule has 0 aliphatic carbocycles. The van der Waals surface area contributed by atoms with E-state index in [1.807, 2.05) is 20.3 Å². The van der Waals surface area contributed by atoms with E-state index in [0.717, 1.165) is 81.6 Å². The Morgan fingerprint density at radius 1 is 1.11 bits per heavy atom. The Kier molecular flexibility index (Phi) is 6.77. The molecule has 188 valence electrons. The number of nitrogens with zero attached hydrogens (tertiary/aromatic N) is 6. The molecule has 1 aliphatic heterocycles. The summed E-state index contributed by atoms with van der Waals surface area (Å²) < 4.78 is 6.28. The molecular formula is C27H33N7OS. The summed E-state index contributed by atoms with van der Waals surface area (Å²) in [7, 11) is 4.09. The number of benzene rings is 1. The number of aryl methyl sites for hydroxylation is 2. The molecule has 0 spiro atoms. The van der Waals surface area contributed by atoms with Gasteiger partial charge < -0.3 is 20.3 Å². The molecule has 8 nitrogen and oxygen atoms in total. The number of thiazole rings is 1. The molecule has 5 rings (SSSR count). The fraction of sp³-hybridized carbons (Fsp3) is 0.407. The van der Waals surface area contributed by atoms with Crippen LogP contribution in [0.15, 0.2) is 24.4 Å². The van der Waals surface area contributed by atoms with Crippen LogP contribution in [0.5, 0.6) is 5.75 Å². The van der Waals surface area contributed by atoms with E-state index in [1.165, 1.54) is 16.9 Å². The maximum atomic E-state index is 6.28. The van der Waals surface area contributed by atoms with Crippen LogP contribution in [0.4, 0.5) is 10.9 Å². The molecule has 0 radical (unpaired) electrons. The van der Waals surface area contributed by atoms with E-state index in [-0.39, 0.29) is 0 Å². The summed E-state index contributed by atoms with van der Waals surface area (Å²) >= 11 is 1.41. The second-order valence-electron chi connectivity index (χ2n) is 9.67. The standard InChI is InChI=1S/C27H33N7OS/c1-6-7-21-17(3)30-23(15-33(4)5)32-25(21)34-8-9-35-24-16(2)10-18(11-20(24)14-34)19-12-22-26(29-13-19)36-27(28)31-22/h10-13H,6-9,14-15H2,1-5H3,(H2,28,31). The molecule has 0 unspecified atom stereocenters. The molecule has 0 bridgehead atoms. The minimum absolute atomic E-state index is 0.536. The lowest BCUT2D eigenvalue weighted by Gasteiger charge is -2.26. The molecule has 36 heavy (non-hydrogen) atoms. The average Bonchev–Trinajstić information content (AvgIpc) is 3.05. The molecule has 0 amide bonds. The van der Waals surface area contributed by atoms with Crippen molar-refractivity contribution in [2.45, 2.75) is 46.7 Å². The Labute approximate surface area is 216 Å². The lowest BCUT2D eigenvalue weighted by Crippen LogP contribution is -2.29. The van der Waals surface area contributed by atoms with Gasteiger partial charge in [0.1, 0.15) is 34.3 Å².